The highest BCUT2D eigenvalue weighted by Crippen LogP contribution is 2.33. The van der Waals surface area contributed by atoms with Crippen molar-refractivity contribution in [2.45, 2.75) is 38.8 Å². The minimum absolute atomic E-state index is 0.0626. The molecular formula is C18H23ClN4O3S. The van der Waals surface area contributed by atoms with Gasteiger partial charge in [0.15, 0.2) is 0 Å². The van der Waals surface area contributed by atoms with Gasteiger partial charge in [-0.1, -0.05) is 22.9 Å². The van der Waals surface area contributed by atoms with E-state index in [0.29, 0.717) is 10.8 Å². The van der Waals surface area contributed by atoms with E-state index in [-0.39, 0.29) is 18.7 Å². The Labute approximate surface area is 167 Å². The number of anilines is 1. The lowest BCUT2D eigenvalue weighted by Crippen LogP contribution is -2.41. The Morgan fingerprint density at radius 1 is 1.41 bits per heavy atom. The van der Waals surface area contributed by atoms with E-state index < -0.39 is 5.97 Å². The molecule has 0 radical (unpaired) electrons. The van der Waals surface area contributed by atoms with Crippen LogP contribution < -0.4 is 10.1 Å². The molecule has 27 heavy (non-hydrogen) atoms. The lowest BCUT2D eigenvalue weighted by atomic mass is 10.1. The quantitative estimate of drug-likeness (QED) is 0.720. The third kappa shape index (κ3) is 5.54. The molecule has 9 heteroatoms. The first-order valence-electron chi connectivity index (χ1n) is 8.91. The number of hydrogen-bond acceptors (Lipinski definition) is 7. The van der Waals surface area contributed by atoms with Gasteiger partial charge >= 0.3 is 5.97 Å². The second kappa shape index (κ2) is 8.86. The molecule has 2 heterocycles. The van der Waals surface area contributed by atoms with Crippen LogP contribution >= 0.6 is 22.9 Å². The number of hydrogen-bond donors (Lipinski definition) is 2. The number of carboxylic acids is 1. The lowest BCUT2D eigenvalue weighted by molar-refractivity contribution is -0.138. The number of aliphatic carboxylic acids is 1. The van der Waals surface area contributed by atoms with Crippen LogP contribution in [0.25, 0.3) is 10.6 Å². The number of nitrogens with zero attached hydrogens (tertiary/aromatic N) is 3. The van der Waals surface area contributed by atoms with Gasteiger partial charge in [-0.25, -0.2) is 0 Å². The normalized spacial score (nSPS) is 15.9. The first kappa shape index (κ1) is 19.9. The summed E-state index contributed by atoms with van der Waals surface area (Å²) in [4.78, 5) is 12.7. The molecule has 1 aromatic carbocycles. The molecule has 0 spiro atoms. The summed E-state index contributed by atoms with van der Waals surface area (Å²) < 4.78 is 5.66. The van der Waals surface area contributed by atoms with E-state index in [0.717, 1.165) is 41.6 Å². The van der Waals surface area contributed by atoms with E-state index in [1.54, 1.807) is 0 Å². The second-order valence-corrected chi connectivity index (χ2v) is 8.20. The van der Waals surface area contributed by atoms with Crippen molar-refractivity contribution < 1.29 is 14.6 Å². The summed E-state index contributed by atoms with van der Waals surface area (Å²) in [6.07, 6.45) is 1.83. The van der Waals surface area contributed by atoms with Crippen molar-refractivity contribution in [1.82, 2.24) is 15.1 Å². The molecule has 2 aromatic rings. The van der Waals surface area contributed by atoms with Crippen molar-refractivity contribution in [3.8, 4) is 16.3 Å². The van der Waals surface area contributed by atoms with E-state index in [2.05, 4.69) is 15.5 Å². The fourth-order valence-electron chi connectivity index (χ4n) is 2.98. The minimum atomic E-state index is -0.779. The van der Waals surface area contributed by atoms with Gasteiger partial charge in [0, 0.05) is 24.7 Å². The number of carbonyl (C=O) groups is 1. The van der Waals surface area contributed by atoms with Gasteiger partial charge < -0.3 is 15.2 Å². The molecule has 0 atom stereocenters. The van der Waals surface area contributed by atoms with Gasteiger partial charge in [-0.15, -0.1) is 10.2 Å². The number of carboxylic acid groups (broad SMARTS) is 1. The highest BCUT2D eigenvalue weighted by Gasteiger charge is 2.21. The van der Waals surface area contributed by atoms with Gasteiger partial charge in [0.1, 0.15) is 10.8 Å². The number of aromatic nitrogens is 2. The molecule has 1 saturated heterocycles. The molecule has 0 amide bonds. The predicted molar refractivity (Wildman–Crippen MR) is 107 cm³/mol. The van der Waals surface area contributed by atoms with Crippen LogP contribution in [-0.2, 0) is 4.79 Å². The molecule has 0 bridgehead atoms. The van der Waals surface area contributed by atoms with E-state index in [1.807, 2.05) is 36.9 Å². The van der Waals surface area contributed by atoms with E-state index in [9.17, 15) is 4.79 Å². The molecule has 7 nitrogen and oxygen atoms in total. The van der Waals surface area contributed by atoms with Crippen molar-refractivity contribution in [2.24, 2.45) is 0 Å². The van der Waals surface area contributed by atoms with Crippen LogP contribution in [0.1, 0.15) is 26.7 Å². The summed E-state index contributed by atoms with van der Waals surface area (Å²) in [7, 11) is 0. The zero-order valence-corrected chi connectivity index (χ0v) is 16.9. The number of piperidine rings is 1. The van der Waals surface area contributed by atoms with Gasteiger partial charge in [-0.2, -0.15) is 0 Å². The van der Waals surface area contributed by atoms with Crippen molar-refractivity contribution in [3.05, 3.63) is 23.2 Å². The van der Waals surface area contributed by atoms with Gasteiger partial charge in [0.2, 0.25) is 5.13 Å². The maximum atomic E-state index is 10.8. The highest BCUT2D eigenvalue weighted by molar-refractivity contribution is 7.18. The van der Waals surface area contributed by atoms with Crippen LogP contribution in [0.5, 0.6) is 5.75 Å². The number of ether oxygens (including phenoxy) is 1. The SMILES string of the molecule is CC(C)Oc1ccc(-c2nnc(NC3CCN(CC(=O)O)CC3)s2)cc1Cl. The second-order valence-electron chi connectivity index (χ2n) is 6.81. The van der Waals surface area contributed by atoms with Gasteiger partial charge in [0.05, 0.1) is 17.7 Å². The van der Waals surface area contributed by atoms with Crippen molar-refractivity contribution in [3.63, 3.8) is 0 Å². The Bertz CT molecular complexity index is 791. The van der Waals surface area contributed by atoms with Crippen LogP contribution in [0, 0.1) is 0 Å². The summed E-state index contributed by atoms with van der Waals surface area (Å²) in [5, 5.41) is 22.9. The molecule has 1 aromatic heterocycles. The average Bonchev–Trinajstić information content (AvgIpc) is 3.06. The first-order valence-corrected chi connectivity index (χ1v) is 10.1. The van der Waals surface area contributed by atoms with Crippen LogP contribution in [0.2, 0.25) is 5.02 Å². The molecule has 1 fully saturated rings. The fraction of sp³-hybridized carbons (Fsp3) is 0.500. The molecule has 1 aliphatic heterocycles. The standard InChI is InChI=1S/C18H23ClN4O3S/c1-11(2)26-15-4-3-12(9-14(15)19)17-21-22-18(27-17)20-13-5-7-23(8-6-13)10-16(24)25/h3-4,9,11,13H,5-8,10H2,1-2H3,(H,20,22)(H,24,25). The van der Waals surface area contributed by atoms with E-state index in [4.69, 9.17) is 21.4 Å². The zero-order valence-electron chi connectivity index (χ0n) is 15.3. The number of nitrogens with one attached hydrogen (secondary N) is 1. The molecule has 3 rings (SSSR count). The summed E-state index contributed by atoms with van der Waals surface area (Å²) >= 11 is 7.78. The topological polar surface area (TPSA) is 87.6 Å². The maximum Gasteiger partial charge on any atom is 0.317 e. The lowest BCUT2D eigenvalue weighted by Gasteiger charge is -2.30. The predicted octanol–water partition coefficient (Wildman–Crippen LogP) is 3.61. The highest BCUT2D eigenvalue weighted by atomic mass is 35.5. The third-order valence-corrected chi connectivity index (χ3v) is 5.44. The third-order valence-electron chi connectivity index (χ3n) is 4.24. The van der Waals surface area contributed by atoms with Crippen LogP contribution in [0.15, 0.2) is 18.2 Å². The Morgan fingerprint density at radius 3 is 2.78 bits per heavy atom. The average molecular weight is 411 g/mol. The number of likely N-dealkylation sites (tertiary alicyclic amines) is 1. The van der Waals surface area contributed by atoms with Crippen LogP contribution in [0.3, 0.4) is 0 Å². The fourth-order valence-corrected chi connectivity index (χ4v) is 4.02. The van der Waals surface area contributed by atoms with E-state index >= 15 is 0 Å². The molecule has 1 aliphatic rings. The molecule has 0 aliphatic carbocycles. The molecule has 2 N–H and O–H groups in total. The number of halogens is 1. The smallest absolute Gasteiger partial charge is 0.317 e. The van der Waals surface area contributed by atoms with Gasteiger partial charge in [-0.05, 0) is 44.9 Å². The van der Waals surface area contributed by atoms with Crippen molar-refractivity contribution >= 4 is 34.0 Å². The summed E-state index contributed by atoms with van der Waals surface area (Å²) in [5.41, 5.74) is 0.901. The Morgan fingerprint density at radius 2 is 2.15 bits per heavy atom. The summed E-state index contributed by atoms with van der Waals surface area (Å²) in [5.74, 6) is -0.120. The molecular weight excluding hydrogens is 388 g/mol. The Kier molecular flexibility index (Phi) is 6.51. The number of benzene rings is 1. The largest absolute Gasteiger partial charge is 0.489 e. The summed E-state index contributed by atoms with van der Waals surface area (Å²) in [6.45, 7) is 5.55. The number of rotatable bonds is 7. The Hall–Kier alpha value is -1.90. The molecule has 146 valence electrons. The van der Waals surface area contributed by atoms with Gasteiger partial charge in [-0.3, -0.25) is 9.69 Å². The van der Waals surface area contributed by atoms with Crippen LogP contribution in [0.4, 0.5) is 5.13 Å². The minimum Gasteiger partial charge on any atom is -0.489 e. The zero-order chi connectivity index (χ0) is 19.4. The van der Waals surface area contributed by atoms with Crippen LogP contribution in [-0.4, -0.2) is 58.0 Å². The summed E-state index contributed by atoms with van der Waals surface area (Å²) in [6, 6.07) is 5.90. The first-order chi connectivity index (χ1) is 12.9. The van der Waals surface area contributed by atoms with Crippen molar-refractivity contribution in [2.75, 3.05) is 25.0 Å². The molecule has 0 unspecified atom stereocenters. The monoisotopic (exact) mass is 410 g/mol. The molecule has 0 saturated carbocycles. The van der Waals surface area contributed by atoms with E-state index in [1.165, 1.54) is 11.3 Å². The maximum absolute atomic E-state index is 10.8. The Balaban J connectivity index is 1.59. The van der Waals surface area contributed by atoms with Gasteiger partial charge in [0.25, 0.3) is 0 Å². The van der Waals surface area contributed by atoms with Crippen molar-refractivity contribution in [1.29, 1.82) is 0 Å².